The molecule has 20 heavy (non-hydrogen) atoms. The first kappa shape index (κ1) is 15.6. The van der Waals surface area contributed by atoms with E-state index in [1.54, 1.807) is 6.08 Å². The number of rotatable bonds is 2. The largest absolute Gasteiger partial charge is 0.412 e. The first-order chi connectivity index (χ1) is 9.23. The normalized spacial score (nSPS) is 27.9. The van der Waals surface area contributed by atoms with Gasteiger partial charge in [-0.2, -0.15) is 13.2 Å². The predicted molar refractivity (Wildman–Crippen MR) is 71.1 cm³/mol. The Kier molecular flexibility index (Phi) is 4.30. The summed E-state index contributed by atoms with van der Waals surface area (Å²) in [6, 6.07) is -0.322. The molecule has 1 saturated heterocycles. The molecule has 0 aromatic heterocycles. The van der Waals surface area contributed by atoms with Crippen LogP contribution < -0.4 is 0 Å². The van der Waals surface area contributed by atoms with Gasteiger partial charge in [0, 0.05) is 24.7 Å². The average molecular weight is 309 g/mol. The fourth-order valence-electron chi connectivity index (χ4n) is 2.69. The highest BCUT2D eigenvalue weighted by molar-refractivity contribution is 7.91. The van der Waals surface area contributed by atoms with E-state index in [2.05, 4.69) is 0 Å². The fourth-order valence-corrected chi connectivity index (χ4v) is 3.92. The molecule has 0 aromatic rings. The fraction of sp³-hybridized carbons (Fsp3) is 0.692. The summed E-state index contributed by atoms with van der Waals surface area (Å²) < 4.78 is 61.3. The molecule has 0 bridgehead atoms. The van der Waals surface area contributed by atoms with Crippen LogP contribution >= 0.6 is 0 Å². The van der Waals surface area contributed by atoms with Gasteiger partial charge in [0.1, 0.15) is 0 Å². The molecule has 0 amide bonds. The van der Waals surface area contributed by atoms with Gasteiger partial charge in [-0.25, -0.2) is 8.42 Å². The Morgan fingerprint density at radius 2 is 1.85 bits per heavy atom. The first-order valence-corrected chi connectivity index (χ1v) is 8.46. The third-order valence-corrected chi connectivity index (χ3v) is 5.54. The lowest BCUT2D eigenvalue weighted by Crippen LogP contribution is -2.47. The van der Waals surface area contributed by atoms with Crippen LogP contribution in [0.4, 0.5) is 13.2 Å². The van der Waals surface area contributed by atoms with Gasteiger partial charge in [0.15, 0.2) is 9.84 Å². The minimum absolute atomic E-state index is 0.0333. The van der Waals surface area contributed by atoms with Gasteiger partial charge in [-0.3, -0.25) is 4.90 Å². The van der Waals surface area contributed by atoms with Crippen LogP contribution in [-0.2, 0) is 9.84 Å². The Hall–Kier alpha value is -0.820. The second-order valence-corrected chi connectivity index (χ2v) is 7.50. The molecule has 1 aliphatic heterocycles. The summed E-state index contributed by atoms with van der Waals surface area (Å²) in [4.78, 5) is 1.87. The van der Waals surface area contributed by atoms with Gasteiger partial charge in [0.25, 0.3) is 0 Å². The lowest BCUT2D eigenvalue weighted by atomic mass is 9.90. The van der Waals surface area contributed by atoms with Crippen molar-refractivity contribution >= 4 is 9.84 Å². The molecule has 1 atom stereocenters. The van der Waals surface area contributed by atoms with Crippen LogP contribution in [0.25, 0.3) is 0 Å². The smallest absolute Gasteiger partial charge is 0.294 e. The van der Waals surface area contributed by atoms with Crippen molar-refractivity contribution in [2.75, 3.05) is 24.6 Å². The molecule has 3 nitrogen and oxygen atoms in total. The van der Waals surface area contributed by atoms with E-state index in [0.717, 1.165) is 11.6 Å². The van der Waals surface area contributed by atoms with Crippen molar-refractivity contribution in [1.82, 2.24) is 4.90 Å². The molecular formula is C13H18F3NO2S. The van der Waals surface area contributed by atoms with E-state index in [4.69, 9.17) is 0 Å². The van der Waals surface area contributed by atoms with E-state index in [9.17, 15) is 21.6 Å². The standard InChI is InChI=1S/C13H18F3NO2S/c1-2-10-3-4-11(13(14,15)16)9-12(10)17-5-7-20(18,19)8-6-17/h3-4,12H,2,5-9H2,1H3. The van der Waals surface area contributed by atoms with E-state index in [1.165, 1.54) is 0 Å². The van der Waals surface area contributed by atoms with Gasteiger partial charge in [-0.1, -0.05) is 24.6 Å². The summed E-state index contributed by atoms with van der Waals surface area (Å²) in [5, 5.41) is 0. The van der Waals surface area contributed by atoms with Crippen LogP contribution in [0, 0.1) is 0 Å². The third-order valence-electron chi connectivity index (χ3n) is 3.93. The average Bonchev–Trinajstić information content (AvgIpc) is 2.37. The number of sulfone groups is 1. The summed E-state index contributed by atoms with van der Waals surface area (Å²) >= 11 is 0. The van der Waals surface area contributed by atoms with Crippen molar-refractivity contribution in [3.63, 3.8) is 0 Å². The van der Waals surface area contributed by atoms with Crippen molar-refractivity contribution in [1.29, 1.82) is 0 Å². The molecule has 0 N–H and O–H groups in total. The predicted octanol–water partition coefficient (Wildman–Crippen LogP) is 2.31. The van der Waals surface area contributed by atoms with E-state index in [1.807, 2.05) is 11.8 Å². The maximum Gasteiger partial charge on any atom is 0.412 e. The molecule has 0 radical (unpaired) electrons. The molecule has 2 aliphatic rings. The van der Waals surface area contributed by atoms with E-state index < -0.39 is 21.6 Å². The van der Waals surface area contributed by atoms with E-state index in [-0.39, 0.29) is 24.0 Å². The third kappa shape index (κ3) is 3.44. The van der Waals surface area contributed by atoms with Crippen molar-refractivity contribution < 1.29 is 21.6 Å². The maximum atomic E-state index is 12.8. The monoisotopic (exact) mass is 309 g/mol. The molecule has 1 heterocycles. The van der Waals surface area contributed by atoms with Gasteiger partial charge in [0.05, 0.1) is 11.5 Å². The Morgan fingerprint density at radius 1 is 1.25 bits per heavy atom. The number of alkyl halides is 3. The van der Waals surface area contributed by atoms with Crippen LogP contribution in [-0.4, -0.2) is 50.1 Å². The Morgan fingerprint density at radius 3 is 2.35 bits per heavy atom. The molecule has 114 valence electrons. The Bertz CT molecular complexity index is 520. The number of allylic oxidation sites excluding steroid dienone is 2. The molecule has 0 spiro atoms. The number of nitrogens with zero attached hydrogens (tertiary/aromatic N) is 1. The second kappa shape index (κ2) is 5.52. The zero-order chi connectivity index (χ0) is 15.0. The van der Waals surface area contributed by atoms with Crippen LogP contribution in [0.5, 0.6) is 0 Å². The quantitative estimate of drug-likeness (QED) is 0.785. The molecule has 7 heteroatoms. The minimum Gasteiger partial charge on any atom is -0.294 e. The molecule has 1 aliphatic carbocycles. The first-order valence-electron chi connectivity index (χ1n) is 6.64. The summed E-state index contributed by atoms with van der Waals surface area (Å²) in [5.41, 5.74) is 0.408. The molecule has 2 rings (SSSR count). The van der Waals surface area contributed by atoms with E-state index >= 15 is 0 Å². The molecular weight excluding hydrogens is 291 g/mol. The van der Waals surface area contributed by atoms with Gasteiger partial charge >= 0.3 is 6.18 Å². The van der Waals surface area contributed by atoms with Gasteiger partial charge in [-0.05, 0) is 12.8 Å². The Balaban J connectivity index is 2.16. The Labute approximate surface area is 117 Å². The van der Waals surface area contributed by atoms with Gasteiger partial charge in [0.2, 0.25) is 0 Å². The summed E-state index contributed by atoms with van der Waals surface area (Å²) in [7, 11) is -3.02. The maximum absolute atomic E-state index is 12.8. The summed E-state index contributed by atoms with van der Waals surface area (Å²) in [6.45, 7) is 2.54. The molecule has 0 saturated carbocycles. The van der Waals surface area contributed by atoms with Crippen molar-refractivity contribution in [2.24, 2.45) is 0 Å². The van der Waals surface area contributed by atoms with Crippen LogP contribution in [0.2, 0.25) is 0 Å². The number of hydrogen-bond donors (Lipinski definition) is 0. The molecule has 0 aromatic carbocycles. The second-order valence-electron chi connectivity index (χ2n) is 5.19. The van der Waals surface area contributed by atoms with Crippen LogP contribution in [0.1, 0.15) is 19.8 Å². The zero-order valence-electron chi connectivity index (χ0n) is 11.3. The summed E-state index contributed by atoms with van der Waals surface area (Å²) in [6.07, 6.45) is -1.02. The number of halogens is 3. The van der Waals surface area contributed by atoms with Crippen LogP contribution in [0.3, 0.4) is 0 Å². The minimum atomic E-state index is -4.31. The van der Waals surface area contributed by atoms with Crippen LogP contribution in [0.15, 0.2) is 23.3 Å². The lowest BCUT2D eigenvalue weighted by Gasteiger charge is -2.37. The van der Waals surface area contributed by atoms with Crippen molar-refractivity contribution in [3.8, 4) is 0 Å². The zero-order valence-corrected chi connectivity index (χ0v) is 12.1. The highest BCUT2D eigenvalue weighted by Gasteiger charge is 2.39. The van der Waals surface area contributed by atoms with Crippen molar-refractivity contribution in [3.05, 3.63) is 23.3 Å². The topological polar surface area (TPSA) is 37.4 Å². The van der Waals surface area contributed by atoms with Gasteiger partial charge in [-0.15, -0.1) is 0 Å². The highest BCUT2D eigenvalue weighted by Crippen LogP contribution is 2.36. The molecule has 1 unspecified atom stereocenters. The SMILES string of the molecule is CCC1=CC=C(C(F)(F)F)CC1N1CCS(=O)(=O)CC1. The summed E-state index contributed by atoms with van der Waals surface area (Å²) in [5.74, 6) is 0.0666. The highest BCUT2D eigenvalue weighted by atomic mass is 32.2. The van der Waals surface area contributed by atoms with E-state index in [0.29, 0.717) is 19.5 Å². The number of hydrogen-bond acceptors (Lipinski definition) is 3. The lowest BCUT2D eigenvalue weighted by molar-refractivity contribution is -0.0957. The molecule has 1 fully saturated rings. The van der Waals surface area contributed by atoms with Crippen molar-refractivity contribution in [2.45, 2.75) is 32.0 Å². The van der Waals surface area contributed by atoms with Gasteiger partial charge < -0.3 is 0 Å².